The molecule has 5 N–H and O–H groups in total. The number of H-pyrrole nitrogens is 1. The van der Waals surface area contributed by atoms with Gasteiger partial charge >= 0.3 is 5.97 Å². The average molecular weight is 424 g/mol. The number of benzene rings is 1. The number of allylic oxidation sites excluding steroid dienone is 1. The molecule has 2 aliphatic carbocycles. The van der Waals surface area contributed by atoms with Gasteiger partial charge in [0.2, 0.25) is 5.91 Å². The number of primary amides is 1. The molecule has 4 atom stereocenters. The second-order valence-corrected chi connectivity index (χ2v) is 8.10. The maximum atomic E-state index is 12.1. The molecule has 1 aromatic carbocycles. The van der Waals surface area contributed by atoms with Gasteiger partial charge in [-0.1, -0.05) is 35.9 Å². The number of nitrogens with two attached hydrogens (primary N) is 1. The van der Waals surface area contributed by atoms with Crippen LogP contribution in [-0.2, 0) is 4.79 Å². The van der Waals surface area contributed by atoms with Gasteiger partial charge in [0, 0.05) is 11.6 Å². The number of amides is 1. The lowest BCUT2D eigenvalue weighted by atomic mass is 9.88. The molecule has 0 spiro atoms. The maximum Gasteiger partial charge on any atom is 0.335 e. The number of carboxylic acids is 1. The molecule has 2 bridgehead atoms. The van der Waals surface area contributed by atoms with Crippen molar-refractivity contribution in [2.24, 2.45) is 23.5 Å². The zero-order valence-electron chi connectivity index (χ0n) is 15.7. The number of aromatic carboxylic acids is 1. The lowest BCUT2D eigenvalue weighted by molar-refractivity contribution is -0.122. The molecule has 1 amide bonds. The molecule has 152 valence electrons. The summed E-state index contributed by atoms with van der Waals surface area (Å²) < 4.78 is 0. The van der Waals surface area contributed by atoms with Gasteiger partial charge in [0.05, 0.1) is 28.4 Å². The fraction of sp³-hybridized carbons (Fsp3) is 0.238. The van der Waals surface area contributed by atoms with Crippen LogP contribution in [0.25, 0.3) is 22.6 Å². The van der Waals surface area contributed by atoms with Crippen molar-refractivity contribution >= 4 is 40.3 Å². The Labute approximate surface area is 176 Å². The summed E-state index contributed by atoms with van der Waals surface area (Å²) in [5.74, 6) is -0.849. The van der Waals surface area contributed by atoms with Crippen molar-refractivity contribution in [1.29, 1.82) is 0 Å². The number of nitrogens with one attached hydrogen (secondary N) is 2. The Balaban J connectivity index is 1.56. The third kappa shape index (κ3) is 2.91. The van der Waals surface area contributed by atoms with Crippen molar-refractivity contribution in [2.45, 2.75) is 12.5 Å². The van der Waals surface area contributed by atoms with E-state index in [-0.39, 0.29) is 35.3 Å². The van der Waals surface area contributed by atoms with Crippen LogP contribution in [0.4, 0.5) is 5.69 Å². The van der Waals surface area contributed by atoms with Crippen LogP contribution in [-0.4, -0.2) is 38.0 Å². The number of aromatic nitrogens is 3. The number of halogens is 1. The number of carbonyl (C=O) groups is 2. The van der Waals surface area contributed by atoms with Gasteiger partial charge < -0.3 is 21.1 Å². The molecule has 2 aliphatic rings. The van der Waals surface area contributed by atoms with Crippen LogP contribution in [0.3, 0.4) is 0 Å². The van der Waals surface area contributed by atoms with Crippen LogP contribution in [0.2, 0.25) is 5.02 Å². The van der Waals surface area contributed by atoms with Crippen LogP contribution in [0.5, 0.6) is 0 Å². The van der Waals surface area contributed by atoms with Crippen LogP contribution >= 0.6 is 11.6 Å². The number of carboxylic acid groups (broad SMARTS) is 1. The number of anilines is 1. The number of carbonyl (C=O) groups excluding carboxylic acids is 1. The second-order valence-electron chi connectivity index (χ2n) is 7.70. The van der Waals surface area contributed by atoms with Crippen molar-refractivity contribution in [3.05, 3.63) is 53.2 Å². The van der Waals surface area contributed by atoms with Crippen molar-refractivity contribution in [2.75, 3.05) is 5.32 Å². The van der Waals surface area contributed by atoms with E-state index in [9.17, 15) is 14.7 Å². The number of aromatic amines is 1. The number of fused-ring (bicyclic) bond motifs is 3. The highest BCUT2D eigenvalue weighted by molar-refractivity contribution is 6.34. The SMILES string of the molecule is NC(=O)C1C2C=CC(C2)C1Nc1c(Cl)cnc2nc(-c3cccc(C(=O)O)c3)[nH]c12. The predicted molar refractivity (Wildman–Crippen MR) is 112 cm³/mol. The first kappa shape index (κ1) is 18.6. The van der Waals surface area contributed by atoms with Gasteiger partial charge in [0.15, 0.2) is 5.65 Å². The van der Waals surface area contributed by atoms with E-state index in [0.717, 1.165) is 6.42 Å². The summed E-state index contributed by atoms with van der Waals surface area (Å²) >= 11 is 6.45. The summed E-state index contributed by atoms with van der Waals surface area (Å²) in [6.07, 6.45) is 6.57. The van der Waals surface area contributed by atoms with Crippen LogP contribution in [0.1, 0.15) is 16.8 Å². The molecule has 0 radical (unpaired) electrons. The molecule has 1 saturated carbocycles. The molecule has 3 aromatic rings. The normalized spacial score (nSPS) is 24.4. The molecule has 2 heterocycles. The molecule has 0 aliphatic heterocycles. The van der Waals surface area contributed by atoms with E-state index in [1.54, 1.807) is 18.2 Å². The van der Waals surface area contributed by atoms with Gasteiger partial charge in [-0.15, -0.1) is 0 Å². The topological polar surface area (TPSA) is 134 Å². The van der Waals surface area contributed by atoms with Crippen LogP contribution < -0.4 is 11.1 Å². The number of nitrogens with zero attached hydrogens (tertiary/aromatic N) is 2. The van der Waals surface area contributed by atoms with Gasteiger partial charge in [0.1, 0.15) is 11.3 Å². The molecule has 1 fully saturated rings. The Morgan fingerprint density at radius 3 is 2.83 bits per heavy atom. The van der Waals surface area contributed by atoms with Crippen molar-refractivity contribution in [3.63, 3.8) is 0 Å². The number of pyridine rings is 1. The summed E-state index contributed by atoms with van der Waals surface area (Å²) in [6.45, 7) is 0. The quantitative estimate of drug-likeness (QED) is 0.466. The van der Waals surface area contributed by atoms with Crippen LogP contribution in [0, 0.1) is 17.8 Å². The molecule has 8 nitrogen and oxygen atoms in total. The average Bonchev–Trinajstić information content (AvgIpc) is 3.44. The highest BCUT2D eigenvalue weighted by Gasteiger charge is 2.47. The first-order valence-corrected chi connectivity index (χ1v) is 9.92. The Bertz CT molecular complexity index is 1220. The molecule has 9 heteroatoms. The monoisotopic (exact) mass is 423 g/mol. The molecular weight excluding hydrogens is 406 g/mol. The van der Waals surface area contributed by atoms with E-state index < -0.39 is 5.97 Å². The highest BCUT2D eigenvalue weighted by atomic mass is 35.5. The fourth-order valence-electron chi connectivity index (χ4n) is 4.58. The van der Waals surface area contributed by atoms with E-state index in [2.05, 4.69) is 32.4 Å². The number of rotatable bonds is 5. The van der Waals surface area contributed by atoms with E-state index in [4.69, 9.17) is 17.3 Å². The zero-order valence-corrected chi connectivity index (χ0v) is 16.4. The minimum Gasteiger partial charge on any atom is -0.478 e. The first-order valence-electron chi connectivity index (χ1n) is 9.54. The van der Waals surface area contributed by atoms with E-state index >= 15 is 0 Å². The molecule has 5 rings (SSSR count). The summed E-state index contributed by atoms with van der Waals surface area (Å²) in [4.78, 5) is 35.3. The summed E-state index contributed by atoms with van der Waals surface area (Å²) in [6, 6.07) is 6.32. The van der Waals surface area contributed by atoms with Crippen LogP contribution in [0.15, 0.2) is 42.6 Å². The van der Waals surface area contributed by atoms with E-state index in [1.165, 1.54) is 12.3 Å². The van der Waals surface area contributed by atoms with Gasteiger partial charge in [-0.05, 0) is 30.4 Å². The smallest absolute Gasteiger partial charge is 0.335 e. The standard InChI is InChI=1S/C21H18ClN5O3/c22-13-8-24-20-17(26-19(27-20)11-2-1-3-12(7-11)21(29)30)16(13)25-15-10-5-4-9(6-10)14(15)18(23)28/h1-5,7-10,14-15H,6H2,(H2,23,28)(H,29,30)(H2,24,25,26,27). The largest absolute Gasteiger partial charge is 0.478 e. The van der Waals surface area contributed by atoms with Gasteiger partial charge in [0.25, 0.3) is 0 Å². The molecule has 30 heavy (non-hydrogen) atoms. The molecular formula is C21H18ClN5O3. The summed E-state index contributed by atoms with van der Waals surface area (Å²) in [7, 11) is 0. The fourth-order valence-corrected chi connectivity index (χ4v) is 4.78. The lowest BCUT2D eigenvalue weighted by Gasteiger charge is -2.28. The zero-order chi connectivity index (χ0) is 21.0. The van der Waals surface area contributed by atoms with Gasteiger partial charge in [-0.2, -0.15) is 0 Å². The first-order chi connectivity index (χ1) is 14.4. The second kappa shape index (κ2) is 6.84. The van der Waals surface area contributed by atoms with Crippen molar-refractivity contribution in [1.82, 2.24) is 15.0 Å². The summed E-state index contributed by atoms with van der Waals surface area (Å²) in [5, 5.41) is 13.1. The third-order valence-electron chi connectivity index (χ3n) is 5.96. The van der Waals surface area contributed by atoms with Crippen molar-refractivity contribution < 1.29 is 14.7 Å². The number of imidazole rings is 1. The van der Waals surface area contributed by atoms with E-state index in [1.807, 2.05) is 0 Å². The Kier molecular flexibility index (Phi) is 4.25. The Hall–Kier alpha value is -3.39. The maximum absolute atomic E-state index is 12.1. The predicted octanol–water partition coefficient (Wildman–Crippen LogP) is 3.06. The Morgan fingerprint density at radius 1 is 1.27 bits per heavy atom. The van der Waals surface area contributed by atoms with Gasteiger partial charge in [-0.25, -0.2) is 14.8 Å². The third-order valence-corrected chi connectivity index (χ3v) is 6.24. The molecule has 0 saturated heterocycles. The van der Waals surface area contributed by atoms with Gasteiger partial charge in [-0.3, -0.25) is 4.79 Å². The summed E-state index contributed by atoms with van der Waals surface area (Å²) in [5.41, 5.74) is 8.08. The lowest BCUT2D eigenvalue weighted by Crippen LogP contribution is -2.41. The molecule has 2 aromatic heterocycles. The molecule has 4 unspecified atom stereocenters. The Morgan fingerprint density at radius 2 is 2.07 bits per heavy atom. The minimum atomic E-state index is -1.02. The number of hydrogen-bond donors (Lipinski definition) is 4. The minimum absolute atomic E-state index is 0.136. The van der Waals surface area contributed by atoms with Crippen molar-refractivity contribution in [3.8, 4) is 11.4 Å². The number of hydrogen-bond acceptors (Lipinski definition) is 5. The highest BCUT2D eigenvalue weighted by Crippen LogP contribution is 2.46. The van der Waals surface area contributed by atoms with E-state index in [0.29, 0.717) is 33.3 Å².